The molecule has 3 N–H and O–H groups in total. The highest BCUT2D eigenvalue weighted by Crippen LogP contribution is 2.22. The summed E-state index contributed by atoms with van der Waals surface area (Å²) in [5.41, 5.74) is -0.164. The molecule has 0 aliphatic heterocycles. The van der Waals surface area contributed by atoms with Crippen molar-refractivity contribution in [2.75, 3.05) is 13.2 Å². The maximum Gasteiger partial charge on any atom is 0.339 e. The number of hydrogen-bond donors (Lipinski definition) is 3. The first-order valence-corrected chi connectivity index (χ1v) is 6.05. The van der Waals surface area contributed by atoms with Crippen LogP contribution in [0, 0.1) is 0 Å². The first-order valence-electron chi connectivity index (χ1n) is 5.67. The van der Waals surface area contributed by atoms with Crippen LogP contribution in [0.5, 0.6) is 5.75 Å². The molecule has 1 aromatic carbocycles. The molecule has 1 aromatic rings. The van der Waals surface area contributed by atoms with Crippen molar-refractivity contribution in [3.63, 3.8) is 0 Å². The molecule has 0 saturated heterocycles. The summed E-state index contributed by atoms with van der Waals surface area (Å²) in [7, 11) is 0. The standard InChI is InChI=1S/C12H13ClN2O5/c1-2-14-12(19)15-10(16)6-20-9-4-3-7(13)5-8(9)11(17)18/h3-5H,2,6H2,1H3,(H,17,18)(H2,14,15,16,19). The van der Waals surface area contributed by atoms with Crippen molar-refractivity contribution in [2.45, 2.75) is 6.92 Å². The number of carbonyl (C=O) groups is 3. The first kappa shape index (κ1) is 15.8. The Labute approximate surface area is 119 Å². The van der Waals surface area contributed by atoms with Crippen LogP contribution in [0.2, 0.25) is 5.02 Å². The van der Waals surface area contributed by atoms with Gasteiger partial charge in [0, 0.05) is 11.6 Å². The molecule has 3 amide bonds. The number of amides is 3. The zero-order valence-corrected chi connectivity index (χ0v) is 11.4. The van der Waals surface area contributed by atoms with Gasteiger partial charge in [-0.05, 0) is 25.1 Å². The van der Waals surface area contributed by atoms with Crippen LogP contribution in [-0.4, -0.2) is 36.2 Å². The van der Waals surface area contributed by atoms with E-state index < -0.39 is 24.5 Å². The Bertz CT molecular complexity index is 533. The smallest absolute Gasteiger partial charge is 0.339 e. The number of halogens is 1. The molecule has 0 unspecified atom stereocenters. The van der Waals surface area contributed by atoms with Gasteiger partial charge in [0.15, 0.2) is 6.61 Å². The molecule has 8 heteroatoms. The lowest BCUT2D eigenvalue weighted by Gasteiger charge is -2.09. The summed E-state index contributed by atoms with van der Waals surface area (Å²) in [4.78, 5) is 33.4. The van der Waals surface area contributed by atoms with Gasteiger partial charge in [-0.2, -0.15) is 0 Å². The molecule has 0 spiro atoms. The number of aromatic carboxylic acids is 1. The fraction of sp³-hybridized carbons (Fsp3) is 0.250. The number of rotatable bonds is 5. The summed E-state index contributed by atoms with van der Waals surface area (Å²) >= 11 is 5.68. The van der Waals surface area contributed by atoms with E-state index in [4.69, 9.17) is 21.4 Å². The summed E-state index contributed by atoms with van der Waals surface area (Å²) in [5.74, 6) is -1.93. The van der Waals surface area contributed by atoms with E-state index in [1.165, 1.54) is 18.2 Å². The second kappa shape index (κ2) is 7.34. The zero-order valence-electron chi connectivity index (χ0n) is 10.6. The minimum atomic E-state index is -1.23. The largest absolute Gasteiger partial charge is 0.483 e. The molecule has 108 valence electrons. The Hall–Kier alpha value is -2.28. The molecule has 0 radical (unpaired) electrons. The maximum absolute atomic E-state index is 11.4. The van der Waals surface area contributed by atoms with Crippen LogP contribution in [0.1, 0.15) is 17.3 Å². The molecular formula is C12H13ClN2O5. The van der Waals surface area contributed by atoms with Gasteiger partial charge in [0.05, 0.1) is 0 Å². The maximum atomic E-state index is 11.4. The molecule has 0 aromatic heterocycles. The number of imide groups is 1. The second-order valence-electron chi connectivity index (χ2n) is 3.64. The van der Waals surface area contributed by atoms with Gasteiger partial charge in [-0.15, -0.1) is 0 Å². The third-order valence-electron chi connectivity index (χ3n) is 2.12. The van der Waals surface area contributed by atoms with Gasteiger partial charge < -0.3 is 15.2 Å². The average molecular weight is 301 g/mol. The highest BCUT2D eigenvalue weighted by Gasteiger charge is 2.14. The minimum absolute atomic E-state index is 0.00653. The third-order valence-corrected chi connectivity index (χ3v) is 2.36. The van der Waals surface area contributed by atoms with Crippen molar-refractivity contribution in [3.8, 4) is 5.75 Å². The van der Waals surface area contributed by atoms with Gasteiger partial charge in [0.1, 0.15) is 11.3 Å². The summed E-state index contributed by atoms with van der Waals surface area (Å²) in [6.45, 7) is 1.59. The second-order valence-corrected chi connectivity index (χ2v) is 4.08. The number of urea groups is 1. The van der Waals surface area contributed by atoms with Gasteiger partial charge in [-0.25, -0.2) is 9.59 Å². The normalized spacial score (nSPS) is 9.70. The van der Waals surface area contributed by atoms with Gasteiger partial charge in [-0.1, -0.05) is 11.6 Å². The molecule has 0 aliphatic rings. The Morgan fingerprint density at radius 3 is 2.65 bits per heavy atom. The SMILES string of the molecule is CCNC(=O)NC(=O)COc1ccc(Cl)cc1C(=O)O. The van der Waals surface area contributed by atoms with Crippen LogP contribution in [0.3, 0.4) is 0 Å². The van der Waals surface area contributed by atoms with Crippen LogP contribution in [-0.2, 0) is 4.79 Å². The number of hydrogen-bond acceptors (Lipinski definition) is 4. The lowest BCUT2D eigenvalue weighted by Crippen LogP contribution is -2.41. The predicted octanol–water partition coefficient (Wildman–Crippen LogP) is 1.26. The van der Waals surface area contributed by atoms with E-state index in [1.807, 2.05) is 5.32 Å². The minimum Gasteiger partial charge on any atom is -0.483 e. The third kappa shape index (κ3) is 4.77. The number of carboxylic acids is 1. The average Bonchev–Trinajstić information content (AvgIpc) is 2.37. The van der Waals surface area contributed by atoms with E-state index in [0.717, 1.165) is 0 Å². The molecular weight excluding hydrogens is 288 g/mol. The van der Waals surface area contributed by atoms with Crippen molar-refractivity contribution >= 4 is 29.5 Å². The molecule has 0 saturated carbocycles. The molecule has 20 heavy (non-hydrogen) atoms. The number of nitrogens with one attached hydrogen (secondary N) is 2. The van der Waals surface area contributed by atoms with E-state index in [-0.39, 0.29) is 16.3 Å². The van der Waals surface area contributed by atoms with E-state index in [0.29, 0.717) is 6.54 Å². The molecule has 7 nitrogen and oxygen atoms in total. The van der Waals surface area contributed by atoms with Gasteiger partial charge in [-0.3, -0.25) is 10.1 Å². The molecule has 0 aliphatic carbocycles. The van der Waals surface area contributed by atoms with Crippen LogP contribution in [0.25, 0.3) is 0 Å². The van der Waals surface area contributed by atoms with Gasteiger partial charge >= 0.3 is 12.0 Å². The molecule has 1 rings (SSSR count). The number of ether oxygens (including phenoxy) is 1. The lowest BCUT2D eigenvalue weighted by molar-refractivity contribution is -0.122. The fourth-order valence-electron chi connectivity index (χ4n) is 1.31. The Morgan fingerprint density at radius 1 is 1.35 bits per heavy atom. The highest BCUT2D eigenvalue weighted by atomic mass is 35.5. The van der Waals surface area contributed by atoms with Crippen LogP contribution in [0.4, 0.5) is 4.79 Å². The topological polar surface area (TPSA) is 105 Å². The highest BCUT2D eigenvalue weighted by molar-refractivity contribution is 6.31. The van der Waals surface area contributed by atoms with E-state index in [9.17, 15) is 14.4 Å². The summed E-state index contributed by atoms with van der Waals surface area (Å²) in [5, 5.41) is 13.6. The van der Waals surface area contributed by atoms with Crippen LogP contribution in [0.15, 0.2) is 18.2 Å². The predicted molar refractivity (Wildman–Crippen MR) is 71.1 cm³/mol. The summed E-state index contributed by atoms with van der Waals surface area (Å²) < 4.78 is 5.06. The number of carboxylic acid groups (broad SMARTS) is 1. The molecule has 0 fully saturated rings. The monoisotopic (exact) mass is 300 g/mol. The van der Waals surface area contributed by atoms with Crippen molar-refractivity contribution in [1.82, 2.24) is 10.6 Å². The Kier molecular flexibility index (Phi) is 5.79. The quantitative estimate of drug-likeness (QED) is 0.759. The van der Waals surface area contributed by atoms with E-state index in [1.54, 1.807) is 6.92 Å². The van der Waals surface area contributed by atoms with Crippen LogP contribution >= 0.6 is 11.6 Å². The van der Waals surface area contributed by atoms with Crippen molar-refractivity contribution in [3.05, 3.63) is 28.8 Å². The molecule has 0 heterocycles. The van der Waals surface area contributed by atoms with Gasteiger partial charge in [0.2, 0.25) is 0 Å². The first-order chi connectivity index (χ1) is 9.43. The molecule has 0 atom stereocenters. The number of benzene rings is 1. The zero-order chi connectivity index (χ0) is 15.1. The summed E-state index contributed by atoms with van der Waals surface area (Å²) in [6.07, 6.45) is 0. The summed E-state index contributed by atoms with van der Waals surface area (Å²) in [6, 6.07) is 3.34. The van der Waals surface area contributed by atoms with Crippen molar-refractivity contribution < 1.29 is 24.2 Å². The van der Waals surface area contributed by atoms with Crippen molar-refractivity contribution in [1.29, 1.82) is 0 Å². The Balaban J connectivity index is 2.64. The molecule has 0 bridgehead atoms. The van der Waals surface area contributed by atoms with Crippen LogP contribution < -0.4 is 15.4 Å². The lowest BCUT2D eigenvalue weighted by atomic mass is 10.2. The van der Waals surface area contributed by atoms with Gasteiger partial charge in [0.25, 0.3) is 5.91 Å². The number of carbonyl (C=O) groups excluding carboxylic acids is 2. The van der Waals surface area contributed by atoms with E-state index in [2.05, 4.69) is 5.32 Å². The van der Waals surface area contributed by atoms with Crippen molar-refractivity contribution in [2.24, 2.45) is 0 Å². The van der Waals surface area contributed by atoms with E-state index >= 15 is 0 Å². The fourth-order valence-corrected chi connectivity index (χ4v) is 1.48. The Morgan fingerprint density at radius 2 is 2.05 bits per heavy atom.